The number of hydrogen-bond donors (Lipinski definition) is 0. The van der Waals surface area contributed by atoms with Crippen molar-refractivity contribution in [1.29, 1.82) is 0 Å². The third-order valence-corrected chi connectivity index (χ3v) is 13.6. The first-order chi connectivity index (χ1) is 29.0. The van der Waals surface area contributed by atoms with E-state index in [2.05, 4.69) is 125 Å². The van der Waals surface area contributed by atoms with Crippen molar-refractivity contribution in [3.63, 3.8) is 0 Å². The first kappa shape index (κ1) is 68.4. The minimum Gasteiger partial charge on any atom is -0.384 e. The Kier molecular flexibility index (Phi) is 49.2. The molecule has 0 amide bonds. The maximum Gasteiger partial charge on any atom is 0.251 e. The molecule has 7 rings (SSSR count). The quantitative estimate of drug-likeness (QED) is 0.206. The molecule has 0 aromatic heterocycles. The fourth-order valence-corrected chi connectivity index (χ4v) is 5.29. The molecule has 380 valence electrons. The van der Waals surface area contributed by atoms with E-state index < -0.39 is 5.92 Å². The fourth-order valence-electron chi connectivity index (χ4n) is 5.29. The zero-order valence-corrected chi connectivity index (χ0v) is 46.8. The second kappa shape index (κ2) is 44.6. The zero-order valence-electron chi connectivity index (χ0n) is 46.8. The lowest BCUT2D eigenvalue weighted by atomic mass is 9.78. The molecule has 2 unspecified atom stereocenters. The molecule has 7 fully saturated rings. The highest BCUT2D eigenvalue weighted by Crippen LogP contribution is 2.50. The second-order valence-electron chi connectivity index (χ2n) is 22.3. The monoisotopic (exact) mass is 889 g/mol. The van der Waals surface area contributed by atoms with Crippen molar-refractivity contribution >= 4 is 0 Å². The summed E-state index contributed by atoms with van der Waals surface area (Å²) in [5.74, 6) is 8.38. The summed E-state index contributed by atoms with van der Waals surface area (Å²) < 4.78 is 33.3. The first-order valence-corrected chi connectivity index (χ1v) is 27.4. The SMILES string of the molecule is CC(C)C1CC1.CC(C)C1CCC1.CC1CC1.CC1CCC1.CCC(C)C.CCC(C)C.CCC(C)OC.CCC1CC1.CCC1CC1(F)F.CCC1CCC1.COCC(C)C. The van der Waals surface area contributed by atoms with E-state index in [1.807, 2.05) is 0 Å². The molecular weight excluding hydrogens is 767 g/mol. The van der Waals surface area contributed by atoms with Gasteiger partial charge in [0, 0.05) is 33.2 Å². The van der Waals surface area contributed by atoms with E-state index in [9.17, 15) is 8.78 Å². The third kappa shape index (κ3) is 55.9. The van der Waals surface area contributed by atoms with Gasteiger partial charge >= 0.3 is 0 Å². The molecule has 0 radical (unpaired) electrons. The molecule has 0 N–H and O–H groups in total. The van der Waals surface area contributed by atoms with Crippen molar-refractivity contribution in [2.24, 2.45) is 71.0 Å². The summed E-state index contributed by atoms with van der Waals surface area (Å²) >= 11 is 0. The van der Waals surface area contributed by atoms with Gasteiger partial charge in [-0.3, -0.25) is 0 Å². The molecule has 2 nitrogen and oxygen atoms in total. The minimum atomic E-state index is -2.28. The number of ether oxygens (including phenoxy) is 2. The molecule has 7 saturated carbocycles. The van der Waals surface area contributed by atoms with E-state index >= 15 is 0 Å². The van der Waals surface area contributed by atoms with Crippen LogP contribution in [-0.4, -0.2) is 32.9 Å². The predicted octanol–water partition coefficient (Wildman–Crippen LogP) is 20.6. The van der Waals surface area contributed by atoms with Gasteiger partial charge in [-0.2, -0.15) is 0 Å². The Labute approximate surface area is 393 Å². The van der Waals surface area contributed by atoms with Crippen LogP contribution in [0.1, 0.15) is 273 Å². The van der Waals surface area contributed by atoms with E-state index in [0.717, 1.165) is 72.2 Å². The van der Waals surface area contributed by atoms with Crippen molar-refractivity contribution in [2.45, 2.75) is 285 Å². The highest BCUT2D eigenvalue weighted by molar-refractivity contribution is 4.93. The van der Waals surface area contributed by atoms with Gasteiger partial charge in [-0.25, -0.2) is 8.78 Å². The second-order valence-corrected chi connectivity index (χ2v) is 22.3. The summed E-state index contributed by atoms with van der Waals surface area (Å²) in [6.45, 7) is 42.8. The largest absolute Gasteiger partial charge is 0.384 e. The van der Waals surface area contributed by atoms with E-state index in [4.69, 9.17) is 9.47 Å². The lowest BCUT2D eigenvalue weighted by molar-refractivity contribution is 0.0981. The number of rotatable bonds is 11. The summed E-state index contributed by atoms with van der Waals surface area (Å²) in [6, 6.07) is 0. The van der Waals surface area contributed by atoms with Crippen LogP contribution in [0.2, 0.25) is 0 Å². The molecular formula is C58H122F2O2. The first-order valence-electron chi connectivity index (χ1n) is 27.4. The number of alkyl halides is 2. The molecule has 0 aromatic carbocycles. The van der Waals surface area contributed by atoms with Gasteiger partial charge in [0.25, 0.3) is 5.92 Å². The molecule has 0 bridgehead atoms. The van der Waals surface area contributed by atoms with Crippen LogP contribution in [0.15, 0.2) is 0 Å². The van der Waals surface area contributed by atoms with Crippen molar-refractivity contribution in [3.05, 3.63) is 0 Å². The Morgan fingerprint density at radius 3 is 0.806 bits per heavy atom. The molecule has 0 saturated heterocycles. The lowest BCUT2D eigenvalue weighted by Crippen LogP contribution is -2.16. The highest BCUT2D eigenvalue weighted by atomic mass is 19.3. The van der Waals surface area contributed by atoms with Gasteiger partial charge < -0.3 is 9.47 Å². The van der Waals surface area contributed by atoms with Crippen LogP contribution < -0.4 is 0 Å². The average Bonchev–Trinajstić information content (AvgIpc) is 3.97. The van der Waals surface area contributed by atoms with Crippen molar-refractivity contribution in [1.82, 2.24) is 0 Å². The van der Waals surface area contributed by atoms with E-state index in [0.29, 0.717) is 18.4 Å². The molecule has 7 aliphatic carbocycles. The standard InChI is InChI=1S/C7H14.2C6H12.C5H8F2.2C5H12O.2C5H10.2C5H12.C4H8/c1-6(2)7-4-3-5-7;1-5(2)6-3-4-6;1-2-6-4-3-5-6;1-2-4-3-5(4,6)7;1-5(2)4-6-3;1-4-5(2)6-3;1-5-3-2-4-5;1-2-5-3-4-5;2*1-4-5(2)3;1-4-2-3-4/h6-7H,3-5H2,1-2H3;5-6H,3-4H2,1-2H3;6H,2-5H2,1H3;4H,2-3H2,1H3;2*5H,4H2,1-3H3;2*5H,2-4H2,1H3;2*5H,4H2,1-3H3;4H,2-3H2,1H3. The maximum atomic E-state index is 11.8. The Morgan fingerprint density at radius 2 is 0.806 bits per heavy atom. The minimum absolute atomic E-state index is 0.128. The lowest BCUT2D eigenvalue weighted by Gasteiger charge is -2.28. The fraction of sp³-hybridized carbons (Fsp3) is 1.00. The Bertz CT molecular complexity index is 816. The van der Waals surface area contributed by atoms with Crippen molar-refractivity contribution < 1.29 is 18.3 Å². The van der Waals surface area contributed by atoms with Crippen LogP contribution in [0.5, 0.6) is 0 Å². The Balaban J connectivity index is -0.000000299. The van der Waals surface area contributed by atoms with Crippen LogP contribution >= 0.6 is 0 Å². The van der Waals surface area contributed by atoms with Crippen LogP contribution in [0, 0.1) is 71.0 Å². The van der Waals surface area contributed by atoms with Gasteiger partial charge in [-0.05, 0) is 97.7 Å². The topological polar surface area (TPSA) is 18.5 Å². The average molecular weight is 890 g/mol. The van der Waals surface area contributed by atoms with Crippen LogP contribution in [0.25, 0.3) is 0 Å². The van der Waals surface area contributed by atoms with E-state index in [1.165, 1.54) is 122 Å². The van der Waals surface area contributed by atoms with Gasteiger partial charge in [-0.15, -0.1) is 0 Å². The van der Waals surface area contributed by atoms with Crippen molar-refractivity contribution in [3.8, 4) is 0 Å². The van der Waals surface area contributed by atoms with E-state index in [-0.39, 0.29) is 12.3 Å². The van der Waals surface area contributed by atoms with Gasteiger partial charge in [-0.1, -0.05) is 234 Å². The number of methoxy groups -OCH3 is 2. The Morgan fingerprint density at radius 1 is 0.468 bits per heavy atom. The summed E-state index contributed by atoms with van der Waals surface area (Å²) in [5, 5.41) is 0. The zero-order chi connectivity index (χ0) is 48.7. The van der Waals surface area contributed by atoms with Crippen LogP contribution in [0.4, 0.5) is 8.78 Å². The molecule has 7 aliphatic rings. The molecule has 0 heterocycles. The highest BCUT2D eigenvalue weighted by Gasteiger charge is 2.55. The van der Waals surface area contributed by atoms with E-state index in [1.54, 1.807) is 21.1 Å². The summed E-state index contributed by atoms with van der Waals surface area (Å²) in [7, 11) is 3.45. The summed E-state index contributed by atoms with van der Waals surface area (Å²) in [5.41, 5.74) is 0. The van der Waals surface area contributed by atoms with Gasteiger partial charge in [0.2, 0.25) is 0 Å². The van der Waals surface area contributed by atoms with Gasteiger partial charge in [0.1, 0.15) is 0 Å². The molecule has 0 aromatic rings. The Hall–Kier alpha value is -0.220. The predicted molar refractivity (Wildman–Crippen MR) is 279 cm³/mol. The van der Waals surface area contributed by atoms with Gasteiger partial charge in [0.05, 0.1) is 6.10 Å². The summed E-state index contributed by atoms with van der Waals surface area (Å²) in [6.07, 6.45) is 30.2. The normalized spacial score (nSPS) is 20.6. The number of halogens is 2. The smallest absolute Gasteiger partial charge is 0.251 e. The molecule has 2 atom stereocenters. The maximum absolute atomic E-state index is 11.8. The van der Waals surface area contributed by atoms with Crippen LogP contribution in [-0.2, 0) is 9.47 Å². The molecule has 0 spiro atoms. The number of hydrogen-bond acceptors (Lipinski definition) is 2. The van der Waals surface area contributed by atoms with Gasteiger partial charge in [0.15, 0.2) is 0 Å². The molecule has 0 aliphatic heterocycles. The third-order valence-electron chi connectivity index (χ3n) is 13.6. The molecule has 62 heavy (non-hydrogen) atoms. The summed E-state index contributed by atoms with van der Waals surface area (Å²) in [4.78, 5) is 0. The van der Waals surface area contributed by atoms with Crippen molar-refractivity contribution in [2.75, 3.05) is 20.8 Å². The molecule has 4 heteroatoms. The van der Waals surface area contributed by atoms with Crippen LogP contribution in [0.3, 0.4) is 0 Å².